The first-order chi connectivity index (χ1) is 17.5. The highest BCUT2D eigenvalue weighted by molar-refractivity contribution is 5.96. The molecule has 3 amide bonds. The van der Waals surface area contributed by atoms with E-state index in [2.05, 4.69) is 5.32 Å². The number of nitrogens with two attached hydrogens (primary N) is 1. The van der Waals surface area contributed by atoms with Crippen LogP contribution in [0.5, 0.6) is 0 Å². The van der Waals surface area contributed by atoms with Crippen LogP contribution in [0.4, 0.5) is 4.79 Å². The van der Waals surface area contributed by atoms with Crippen LogP contribution in [0, 0.1) is 0 Å². The van der Waals surface area contributed by atoms with E-state index in [1.807, 2.05) is 60.7 Å². The summed E-state index contributed by atoms with van der Waals surface area (Å²) >= 11 is 0. The molecule has 198 valence electrons. The Hall–Kier alpha value is -3.88. The summed E-state index contributed by atoms with van der Waals surface area (Å²) in [6, 6.07) is 17.1. The normalized spacial score (nSPS) is 18.1. The number of likely N-dealkylation sites (tertiary alicyclic amines) is 1. The van der Waals surface area contributed by atoms with Gasteiger partial charge in [0.15, 0.2) is 0 Å². The molecular weight excluding hydrogens is 474 g/mol. The topological polar surface area (TPSA) is 128 Å². The van der Waals surface area contributed by atoms with Crippen molar-refractivity contribution in [2.45, 2.75) is 70.2 Å². The van der Waals surface area contributed by atoms with Crippen molar-refractivity contribution in [3.63, 3.8) is 0 Å². The lowest BCUT2D eigenvalue weighted by molar-refractivity contribution is -0.151. The number of ether oxygens (including phenoxy) is 2. The molecule has 0 radical (unpaired) electrons. The third-order valence-corrected chi connectivity index (χ3v) is 6.16. The average Bonchev–Trinajstić information content (AvgIpc) is 3.27. The summed E-state index contributed by atoms with van der Waals surface area (Å²) in [5, 5.41) is 2.51. The number of nitrogens with one attached hydrogen (secondary N) is 1. The number of hydrogen-bond acceptors (Lipinski definition) is 6. The van der Waals surface area contributed by atoms with Crippen LogP contribution in [0.25, 0.3) is 0 Å². The fourth-order valence-corrected chi connectivity index (χ4v) is 4.46. The predicted molar refractivity (Wildman–Crippen MR) is 137 cm³/mol. The number of hydrogen-bond donors (Lipinski definition) is 2. The Bertz CT molecular complexity index is 1100. The summed E-state index contributed by atoms with van der Waals surface area (Å²) in [5.74, 6) is -1.90. The van der Waals surface area contributed by atoms with Gasteiger partial charge in [-0.3, -0.25) is 14.4 Å². The molecule has 0 unspecified atom stereocenters. The molecule has 3 rings (SSSR count). The Balaban J connectivity index is 1.82. The summed E-state index contributed by atoms with van der Waals surface area (Å²) in [5.41, 5.74) is 5.41. The fraction of sp³-hybridized carbons (Fsp3) is 0.429. The summed E-state index contributed by atoms with van der Waals surface area (Å²) < 4.78 is 10.7. The largest absolute Gasteiger partial charge is 0.461 e. The van der Waals surface area contributed by atoms with Gasteiger partial charge in [0, 0.05) is 13.0 Å². The van der Waals surface area contributed by atoms with Crippen LogP contribution in [-0.4, -0.2) is 52.5 Å². The van der Waals surface area contributed by atoms with Gasteiger partial charge in [-0.2, -0.15) is 0 Å². The number of alkyl carbamates (subject to hydrolysis) is 1. The Morgan fingerprint density at radius 1 is 1.00 bits per heavy atom. The lowest BCUT2D eigenvalue weighted by Crippen LogP contribution is -2.61. The lowest BCUT2D eigenvalue weighted by Gasteiger charge is -2.38. The molecule has 0 spiro atoms. The third kappa shape index (κ3) is 7.55. The zero-order chi connectivity index (χ0) is 27.1. The smallest absolute Gasteiger partial charge is 0.408 e. The SMILES string of the molecule is CC(C)(C)OC(=O)N[C@@H](CC(=O)OCc1ccccc1)C(=O)N1CCC[C@@]1(Cc1ccccc1)C(N)=O. The van der Waals surface area contributed by atoms with Crippen LogP contribution in [0.1, 0.15) is 51.2 Å². The first-order valence-corrected chi connectivity index (χ1v) is 12.3. The molecule has 9 nitrogen and oxygen atoms in total. The zero-order valence-electron chi connectivity index (χ0n) is 21.6. The number of carbonyl (C=O) groups is 4. The van der Waals surface area contributed by atoms with Gasteiger partial charge in [0.05, 0.1) is 6.42 Å². The molecule has 1 aliphatic heterocycles. The van der Waals surface area contributed by atoms with Crippen LogP contribution in [-0.2, 0) is 36.9 Å². The second-order valence-corrected chi connectivity index (χ2v) is 10.2. The molecule has 1 aliphatic rings. The predicted octanol–water partition coefficient (Wildman–Crippen LogP) is 3.10. The maximum absolute atomic E-state index is 13.8. The minimum absolute atomic E-state index is 0.0238. The number of nitrogens with zero attached hydrogens (tertiary/aromatic N) is 1. The van der Waals surface area contributed by atoms with Gasteiger partial charge in [-0.15, -0.1) is 0 Å². The van der Waals surface area contributed by atoms with Gasteiger partial charge in [-0.05, 0) is 44.7 Å². The van der Waals surface area contributed by atoms with Crippen LogP contribution >= 0.6 is 0 Å². The number of carbonyl (C=O) groups excluding carboxylic acids is 4. The van der Waals surface area contributed by atoms with Gasteiger partial charge in [0.2, 0.25) is 11.8 Å². The van der Waals surface area contributed by atoms with Gasteiger partial charge in [-0.25, -0.2) is 4.79 Å². The molecule has 0 aliphatic carbocycles. The first-order valence-electron chi connectivity index (χ1n) is 12.3. The molecular formula is C28H35N3O6. The second kappa shape index (κ2) is 11.9. The van der Waals surface area contributed by atoms with E-state index in [4.69, 9.17) is 15.2 Å². The van der Waals surface area contributed by atoms with Crippen molar-refractivity contribution in [2.24, 2.45) is 5.73 Å². The Morgan fingerprint density at radius 2 is 1.59 bits per heavy atom. The maximum atomic E-state index is 13.8. The highest BCUT2D eigenvalue weighted by atomic mass is 16.6. The van der Waals surface area contributed by atoms with Crippen molar-refractivity contribution >= 4 is 23.9 Å². The highest BCUT2D eigenvalue weighted by Gasteiger charge is 2.50. The molecule has 2 atom stereocenters. The quantitative estimate of drug-likeness (QED) is 0.500. The van der Waals surface area contributed by atoms with Gasteiger partial charge >= 0.3 is 12.1 Å². The maximum Gasteiger partial charge on any atom is 0.408 e. The molecule has 0 saturated carbocycles. The molecule has 9 heteroatoms. The van der Waals surface area contributed by atoms with Gasteiger partial charge in [0.25, 0.3) is 0 Å². The molecule has 2 aromatic carbocycles. The Labute approximate surface area is 217 Å². The van der Waals surface area contributed by atoms with E-state index >= 15 is 0 Å². The minimum Gasteiger partial charge on any atom is -0.461 e. The van der Waals surface area contributed by atoms with Crippen molar-refractivity contribution in [3.05, 3.63) is 71.8 Å². The van der Waals surface area contributed by atoms with Crippen molar-refractivity contribution in [2.75, 3.05) is 6.54 Å². The fourth-order valence-electron chi connectivity index (χ4n) is 4.46. The van der Waals surface area contributed by atoms with Crippen LogP contribution < -0.4 is 11.1 Å². The number of primary amides is 1. The van der Waals surface area contributed by atoms with Gasteiger partial charge < -0.3 is 25.4 Å². The zero-order valence-corrected chi connectivity index (χ0v) is 21.6. The average molecular weight is 510 g/mol. The summed E-state index contributed by atoms with van der Waals surface area (Å²) in [4.78, 5) is 53.3. The van der Waals surface area contributed by atoms with Crippen molar-refractivity contribution in [1.29, 1.82) is 0 Å². The molecule has 0 bridgehead atoms. The second-order valence-electron chi connectivity index (χ2n) is 10.2. The lowest BCUT2D eigenvalue weighted by atomic mass is 9.86. The standard InChI is InChI=1S/C28H35N3O6/c1-27(2,3)37-26(35)30-22(17-23(32)36-19-21-13-8-5-9-14-21)24(33)31-16-10-15-28(31,25(29)34)18-20-11-6-4-7-12-20/h4-9,11-14,22H,10,15-19H2,1-3H3,(H2,29,34)(H,30,35)/t22-,28+/m0/s1. The highest BCUT2D eigenvalue weighted by Crippen LogP contribution is 2.33. The van der Waals surface area contributed by atoms with Gasteiger partial charge in [-0.1, -0.05) is 60.7 Å². The molecule has 3 N–H and O–H groups in total. The Morgan fingerprint density at radius 3 is 2.16 bits per heavy atom. The summed E-state index contributed by atoms with van der Waals surface area (Å²) in [6.07, 6.45) is -0.123. The van der Waals surface area contributed by atoms with E-state index in [0.29, 0.717) is 12.8 Å². The first kappa shape index (κ1) is 27.7. The molecule has 1 heterocycles. The van der Waals surface area contributed by atoms with Gasteiger partial charge in [0.1, 0.15) is 23.8 Å². The molecule has 37 heavy (non-hydrogen) atoms. The number of esters is 1. The number of benzene rings is 2. The summed E-state index contributed by atoms with van der Waals surface area (Å²) in [7, 11) is 0. The van der Waals surface area contributed by atoms with Crippen LogP contribution in [0.2, 0.25) is 0 Å². The van der Waals surface area contributed by atoms with E-state index in [0.717, 1.165) is 11.1 Å². The third-order valence-electron chi connectivity index (χ3n) is 6.16. The molecule has 2 aromatic rings. The number of rotatable bonds is 9. The van der Waals surface area contributed by atoms with E-state index in [1.165, 1.54) is 4.90 Å². The minimum atomic E-state index is -1.30. The molecule has 0 aromatic heterocycles. The van der Waals surface area contributed by atoms with E-state index < -0.39 is 47.5 Å². The van der Waals surface area contributed by atoms with E-state index in [-0.39, 0.29) is 19.6 Å². The number of amides is 3. The monoisotopic (exact) mass is 509 g/mol. The van der Waals surface area contributed by atoms with Crippen LogP contribution in [0.15, 0.2) is 60.7 Å². The Kier molecular flexibility index (Phi) is 8.91. The molecule has 1 saturated heterocycles. The van der Waals surface area contributed by atoms with Crippen molar-refractivity contribution in [1.82, 2.24) is 10.2 Å². The van der Waals surface area contributed by atoms with E-state index in [9.17, 15) is 19.2 Å². The summed E-state index contributed by atoms with van der Waals surface area (Å²) in [6.45, 7) is 5.36. The van der Waals surface area contributed by atoms with E-state index in [1.54, 1.807) is 20.8 Å². The van der Waals surface area contributed by atoms with Crippen molar-refractivity contribution < 1.29 is 28.7 Å². The molecule has 1 fully saturated rings. The van der Waals surface area contributed by atoms with Crippen molar-refractivity contribution in [3.8, 4) is 0 Å². The van der Waals surface area contributed by atoms with Crippen LogP contribution in [0.3, 0.4) is 0 Å².